The molecule has 0 aliphatic heterocycles. The summed E-state index contributed by atoms with van der Waals surface area (Å²) in [7, 11) is 0. The number of nitrogens with zero attached hydrogens (tertiary/aromatic N) is 2. The number of aromatic nitrogens is 2. The Balaban J connectivity index is 1.61. The van der Waals surface area contributed by atoms with Crippen LogP contribution in [0.2, 0.25) is 0 Å². The van der Waals surface area contributed by atoms with Crippen molar-refractivity contribution in [1.29, 1.82) is 0 Å². The lowest BCUT2D eigenvalue weighted by atomic mass is 10.0. The predicted octanol–water partition coefficient (Wildman–Crippen LogP) is 3.41. The van der Waals surface area contributed by atoms with E-state index in [0.717, 1.165) is 12.8 Å². The fourth-order valence-electron chi connectivity index (χ4n) is 2.59. The second-order valence-electron chi connectivity index (χ2n) is 5.72. The van der Waals surface area contributed by atoms with Crippen LogP contribution in [0.1, 0.15) is 38.1 Å². The molecule has 1 N–H and O–H groups in total. The molecule has 1 amide bonds. The summed E-state index contributed by atoms with van der Waals surface area (Å²) in [5.41, 5.74) is 0.663. The fourth-order valence-corrected chi connectivity index (χ4v) is 2.59. The van der Waals surface area contributed by atoms with E-state index in [1.807, 2.05) is 0 Å². The second kappa shape index (κ2) is 6.73. The van der Waals surface area contributed by atoms with E-state index in [1.54, 1.807) is 19.1 Å². The van der Waals surface area contributed by atoms with Crippen molar-refractivity contribution in [2.24, 2.45) is 5.92 Å². The Bertz CT molecular complexity index is 709. The first kappa shape index (κ1) is 15.4. The van der Waals surface area contributed by atoms with E-state index in [-0.39, 0.29) is 17.8 Å². The maximum absolute atomic E-state index is 12.9. The van der Waals surface area contributed by atoms with Gasteiger partial charge in [-0.2, -0.15) is 4.98 Å². The highest BCUT2D eigenvalue weighted by Gasteiger charge is 2.20. The Morgan fingerprint density at radius 1 is 1.43 bits per heavy atom. The van der Waals surface area contributed by atoms with E-state index in [4.69, 9.17) is 4.52 Å². The van der Waals surface area contributed by atoms with Crippen molar-refractivity contribution >= 4 is 5.91 Å². The minimum Gasteiger partial charge on any atom is -0.345 e. The Labute approximate surface area is 133 Å². The van der Waals surface area contributed by atoms with Gasteiger partial charge in [-0.3, -0.25) is 4.79 Å². The number of halogens is 1. The molecule has 0 unspecified atom stereocenters. The minimum atomic E-state index is -0.366. The summed E-state index contributed by atoms with van der Waals surface area (Å²) < 4.78 is 18.1. The molecular formula is C17H18FN3O2. The SMILES string of the molecule is C[C@@H](NC(=O)C[C@@H]1C=CCC1)c1nc(-c2ccc(F)cc2)no1. The summed E-state index contributed by atoms with van der Waals surface area (Å²) in [5.74, 6) is 0.675. The molecular weight excluding hydrogens is 297 g/mol. The van der Waals surface area contributed by atoms with Crippen molar-refractivity contribution in [1.82, 2.24) is 15.5 Å². The van der Waals surface area contributed by atoms with Crippen LogP contribution in [0, 0.1) is 11.7 Å². The maximum Gasteiger partial charge on any atom is 0.249 e. The Morgan fingerprint density at radius 3 is 2.91 bits per heavy atom. The lowest BCUT2D eigenvalue weighted by molar-refractivity contribution is -0.122. The number of benzene rings is 1. The molecule has 0 radical (unpaired) electrons. The maximum atomic E-state index is 12.9. The third-order valence-corrected chi connectivity index (χ3v) is 3.85. The number of hydrogen-bond acceptors (Lipinski definition) is 4. The quantitative estimate of drug-likeness (QED) is 0.859. The summed E-state index contributed by atoms with van der Waals surface area (Å²) >= 11 is 0. The van der Waals surface area contributed by atoms with Gasteiger partial charge >= 0.3 is 0 Å². The predicted molar refractivity (Wildman–Crippen MR) is 82.7 cm³/mol. The van der Waals surface area contributed by atoms with Gasteiger partial charge in [0.2, 0.25) is 17.6 Å². The van der Waals surface area contributed by atoms with Crippen LogP contribution in [0.4, 0.5) is 4.39 Å². The van der Waals surface area contributed by atoms with E-state index in [1.165, 1.54) is 12.1 Å². The summed E-state index contributed by atoms with van der Waals surface area (Å²) in [5, 5.41) is 6.74. The highest BCUT2D eigenvalue weighted by Crippen LogP contribution is 2.22. The van der Waals surface area contributed by atoms with E-state index < -0.39 is 0 Å². The molecule has 120 valence electrons. The number of allylic oxidation sites excluding steroid dienone is 2. The molecule has 23 heavy (non-hydrogen) atoms. The fraction of sp³-hybridized carbons (Fsp3) is 0.353. The van der Waals surface area contributed by atoms with Gasteiger partial charge in [-0.05, 0) is 49.9 Å². The Morgan fingerprint density at radius 2 is 2.22 bits per heavy atom. The molecule has 0 bridgehead atoms. The van der Waals surface area contributed by atoms with Gasteiger partial charge in [0.05, 0.1) is 0 Å². The zero-order chi connectivity index (χ0) is 16.2. The molecule has 1 aromatic heterocycles. The van der Waals surface area contributed by atoms with Crippen molar-refractivity contribution in [2.75, 3.05) is 0 Å². The van der Waals surface area contributed by atoms with Crippen LogP contribution >= 0.6 is 0 Å². The van der Waals surface area contributed by atoms with Gasteiger partial charge in [-0.15, -0.1) is 0 Å². The third kappa shape index (κ3) is 3.83. The third-order valence-electron chi connectivity index (χ3n) is 3.85. The van der Waals surface area contributed by atoms with Crippen molar-refractivity contribution in [3.63, 3.8) is 0 Å². The number of rotatable bonds is 5. The van der Waals surface area contributed by atoms with E-state index >= 15 is 0 Å². The van der Waals surface area contributed by atoms with Gasteiger partial charge in [0.25, 0.3) is 0 Å². The topological polar surface area (TPSA) is 68.0 Å². The highest BCUT2D eigenvalue weighted by molar-refractivity contribution is 5.76. The molecule has 1 aliphatic carbocycles. The van der Waals surface area contributed by atoms with Crippen LogP contribution in [-0.2, 0) is 4.79 Å². The average molecular weight is 315 g/mol. The Kier molecular flexibility index (Phi) is 4.50. The van der Waals surface area contributed by atoms with Crippen LogP contribution < -0.4 is 5.32 Å². The van der Waals surface area contributed by atoms with Crippen molar-refractivity contribution in [3.05, 3.63) is 48.1 Å². The second-order valence-corrected chi connectivity index (χ2v) is 5.72. The van der Waals surface area contributed by atoms with Crippen molar-refractivity contribution in [2.45, 2.75) is 32.2 Å². The summed E-state index contributed by atoms with van der Waals surface area (Å²) in [6.45, 7) is 1.80. The molecule has 6 heteroatoms. The molecule has 0 spiro atoms. The first-order valence-electron chi connectivity index (χ1n) is 7.67. The van der Waals surface area contributed by atoms with Gasteiger partial charge in [0.1, 0.15) is 11.9 Å². The lowest BCUT2D eigenvalue weighted by Gasteiger charge is -2.11. The highest BCUT2D eigenvalue weighted by atomic mass is 19.1. The number of carbonyl (C=O) groups excluding carboxylic acids is 1. The van der Waals surface area contributed by atoms with Crippen molar-refractivity contribution in [3.8, 4) is 11.4 Å². The van der Waals surface area contributed by atoms with E-state index in [9.17, 15) is 9.18 Å². The zero-order valence-corrected chi connectivity index (χ0v) is 12.8. The molecule has 0 saturated carbocycles. The molecule has 2 atom stereocenters. The zero-order valence-electron chi connectivity index (χ0n) is 12.8. The number of hydrogen-bond donors (Lipinski definition) is 1. The van der Waals surface area contributed by atoms with Crippen LogP contribution in [0.15, 0.2) is 40.9 Å². The smallest absolute Gasteiger partial charge is 0.249 e. The largest absolute Gasteiger partial charge is 0.345 e. The van der Waals surface area contributed by atoms with Crippen LogP contribution in [0.25, 0.3) is 11.4 Å². The molecule has 5 nitrogen and oxygen atoms in total. The Hall–Kier alpha value is -2.50. The van der Waals surface area contributed by atoms with Gasteiger partial charge in [0.15, 0.2) is 0 Å². The lowest BCUT2D eigenvalue weighted by Crippen LogP contribution is -2.28. The van der Waals surface area contributed by atoms with Gasteiger partial charge < -0.3 is 9.84 Å². The number of amides is 1. The van der Waals surface area contributed by atoms with E-state index in [2.05, 4.69) is 27.6 Å². The normalized spacial score (nSPS) is 18.1. The van der Waals surface area contributed by atoms with Crippen LogP contribution in [0.5, 0.6) is 0 Å². The standard InChI is InChI=1S/C17H18FN3O2/c1-11(19-15(22)10-12-4-2-3-5-12)17-20-16(21-23-17)13-6-8-14(18)9-7-13/h2,4,6-9,11-12H,3,5,10H2,1H3,(H,19,22)/t11-,12-/m1/s1. The first-order valence-corrected chi connectivity index (χ1v) is 7.67. The minimum absolute atomic E-state index is 0.0319. The molecule has 0 fully saturated rings. The van der Waals surface area contributed by atoms with Gasteiger partial charge in [-0.25, -0.2) is 4.39 Å². The van der Waals surface area contributed by atoms with E-state index in [0.29, 0.717) is 29.6 Å². The molecule has 0 saturated heterocycles. The molecule has 1 heterocycles. The molecule has 1 aliphatic rings. The monoisotopic (exact) mass is 315 g/mol. The molecule has 2 aromatic rings. The van der Waals surface area contributed by atoms with Gasteiger partial charge in [-0.1, -0.05) is 17.3 Å². The molecule has 1 aromatic carbocycles. The molecule has 3 rings (SSSR count). The van der Waals surface area contributed by atoms with Crippen LogP contribution in [0.3, 0.4) is 0 Å². The number of nitrogens with one attached hydrogen (secondary N) is 1. The van der Waals surface area contributed by atoms with Gasteiger partial charge in [0, 0.05) is 12.0 Å². The summed E-state index contributed by atoms with van der Waals surface area (Å²) in [4.78, 5) is 16.3. The number of carbonyl (C=O) groups is 1. The summed E-state index contributed by atoms with van der Waals surface area (Å²) in [6.07, 6.45) is 6.73. The average Bonchev–Trinajstić information content (AvgIpc) is 3.19. The summed E-state index contributed by atoms with van der Waals surface area (Å²) in [6, 6.07) is 5.48. The van der Waals surface area contributed by atoms with Crippen molar-refractivity contribution < 1.29 is 13.7 Å². The van der Waals surface area contributed by atoms with Crippen LogP contribution in [-0.4, -0.2) is 16.0 Å². The first-order chi connectivity index (χ1) is 11.1.